The van der Waals surface area contributed by atoms with Gasteiger partial charge < -0.3 is 4.79 Å². The van der Waals surface area contributed by atoms with Crippen molar-refractivity contribution in [2.45, 2.75) is 32.6 Å². The summed E-state index contributed by atoms with van der Waals surface area (Å²) in [6.45, 7) is 5.31. The van der Waals surface area contributed by atoms with E-state index in [1.807, 2.05) is 12.2 Å². The molecule has 0 aliphatic rings. The lowest BCUT2D eigenvalue weighted by Crippen LogP contribution is -1.89. The summed E-state index contributed by atoms with van der Waals surface area (Å²) in [5.74, 6) is 0.290. The fraction of sp³-hybridized carbons (Fsp3) is 0.545. The number of rotatable bonds is 7. The summed E-state index contributed by atoms with van der Waals surface area (Å²) < 4.78 is 0. The molecule has 1 nitrogen and oxygen atoms in total. The van der Waals surface area contributed by atoms with Crippen molar-refractivity contribution in [3.8, 4) is 0 Å². The van der Waals surface area contributed by atoms with Crippen LogP contribution < -0.4 is 0 Å². The third-order valence-electron chi connectivity index (χ3n) is 1.77. The Balaban J connectivity index is 3.55. The van der Waals surface area contributed by atoms with Crippen molar-refractivity contribution < 1.29 is 4.79 Å². The van der Waals surface area contributed by atoms with Crippen molar-refractivity contribution in [3.05, 3.63) is 23.6 Å². The highest BCUT2D eigenvalue weighted by Gasteiger charge is 1.96. The van der Waals surface area contributed by atoms with E-state index in [2.05, 4.69) is 12.8 Å². The fourth-order valence-electron chi connectivity index (χ4n) is 1.06. The van der Waals surface area contributed by atoms with Crippen LogP contribution in [0, 0.1) is 0 Å². The maximum atomic E-state index is 10.6. The van der Waals surface area contributed by atoms with Crippen LogP contribution in [0.4, 0.5) is 0 Å². The molecule has 0 amide bonds. The molecule has 0 atom stereocenters. The largest absolute Gasteiger partial charge is 0.300 e. The first-order valence-corrected chi connectivity index (χ1v) is 5.78. The number of hydrogen-bond acceptors (Lipinski definition) is 2. The van der Waals surface area contributed by atoms with Crippen molar-refractivity contribution in [1.82, 2.24) is 0 Å². The zero-order valence-corrected chi connectivity index (χ0v) is 9.32. The lowest BCUT2D eigenvalue weighted by molar-refractivity contribution is -0.117. The second-order valence-electron chi connectivity index (χ2n) is 2.98. The van der Waals surface area contributed by atoms with Gasteiger partial charge in [0.1, 0.15) is 5.78 Å². The van der Waals surface area contributed by atoms with Crippen molar-refractivity contribution >= 4 is 17.5 Å². The fourth-order valence-corrected chi connectivity index (χ4v) is 1.64. The Bertz CT molecular complexity index is 194. The van der Waals surface area contributed by atoms with Gasteiger partial charge in [-0.15, -0.1) is 11.8 Å². The van der Waals surface area contributed by atoms with Gasteiger partial charge in [0, 0.05) is 6.42 Å². The highest BCUT2D eigenvalue weighted by molar-refractivity contribution is 8.02. The van der Waals surface area contributed by atoms with Gasteiger partial charge in [-0.05, 0) is 37.3 Å². The molecule has 0 saturated carbocycles. The van der Waals surface area contributed by atoms with E-state index in [4.69, 9.17) is 0 Å². The molecule has 74 valence electrons. The van der Waals surface area contributed by atoms with Crippen LogP contribution in [0.3, 0.4) is 0 Å². The number of carbonyl (C=O) groups excluding carboxylic acids is 1. The molecule has 0 aliphatic carbocycles. The van der Waals surface area contributed by atoms with Crippen LogP contribution in [0.5, 0.6) is 0 Å². The Morgan fingerprint density at radius 3 is 2.46 bits per heavy atom. The topological polar surface area (TPSA) is 17.1 Å². The van der Waals surface area contributed by atoms with Gasteiger partial charge in [-0.3, -0.25) is 0 Å². The predicted molar refractivity (Wildman–Crippen MR) is 60.9 cm³/mol. The minimum absolute atomic E-state index is 0.290. The second kappa shape index (κ2) is 8.11. The molecule has 0 aliphatic heterocycles. The van der Waals surface area contributed by atoms with Gasteiger partial charge in [-0.25, -0.2) is 0 Å². The minimum Gasteiger partial charge on any atom is -0.300 e. The minimum atomic E-state index is 0.290. The molecule has 0 radical (unpaired) electrons. The summed E-state index contributed by atoms with van der Waals surface area (Å²) in [4.78, 5) is 12.0. The van der Waals surface area contributed by atoms with Crippen molar-refractivity contribution in [2.24, 2.45) is 0 Å². The Morgan fingerprint density at radius 1 is 1.38 bits per heavy atom. The van der Waals surface area contributed by atoms with Gasteiger partial charge in [0.25, 0.3) is 0 Å². The van der Waals surface area contributed by atoms with Gasteiger partial charge in [0.2, 0.25) is 0 Å². The van der Waals surface area contributed by atoms with E-state index >= 15 is 0 Å². The number of unbranched alkanes of at least 4 members (excludes halogenated alkanes) is 1. The summed E-state index contributed by atoms with van der Waals surface area (Å²) >= 11 is 1.76. The number of ketones is 1. The summed E-state index contributed by atoms with van der Waals surface area (Å²) in [5, 5.41) is 0. The molecule has 2 heteroatoms. The first kappa shape index (κ1) is 12.5. The first-order chi connectivity index (χ1) is 6.20. The van der Waals surface area contributed by atoms with Gasteiger partial charge in [0.05, 0.1) is 0 Å². The van der Waals surface area contributed by atoms with E-state index in [-0.39, 0.29) is 0 Å². The molecule has 0 spiro atoms. The molecular weight excluding hydrogens is 180 g/mol. The molecular formula is C11H18OS. The van der Waals surface area contributed by atoms with Crippen LogP contribution in [0.2, 0.25) is 0 Å². The van der Waals surface area contributed by atoms with Crippen LogP contribution >= 0.6 is 11.8 Å². The van der Waals surface area contributed by atoms with E-state index in [0.717, 1.165) is 25.7 Å². The van der Waals surface area contributed by atoms with Gasteiger partial charge in [-0.1, -0.05) is 18.7 Å². The summed E-state index contributed by atoms with van der Waals surface area (Å²) in [6, 6.07) is 0. The Labute approximate surface area is 85.3 Å². The lowest BCUT2D eigenvalue weighted by atomic mass is 10.1. The third-order valence-corrected chi connectivity index (χ3v) is 2.63. The van der Waals surface area contributed by atoms with Gasteiger partial charge in [-0.2, -0.15) is 0 Å². The maximum Gasteiger partial charge on any atom is 0.129 e. The smallest absolute Gasteiger partial charge is 0.129 e. The molecule has 0 aromatic carbocycles. The molecule has 0 bridgehead atoms. The molecule has 13 heavy (non-hydrogen) atoms. The number of thioether (sulfide) groups is 1. The van der Waals surface area contributed by atoms with Crippen LogP contribution in [-0.2, 0) is 4.79 Å². The Hall–Kier alpha value is -0.500. The molecule has 0 N–H and O–H groups in total. The lowest BCUT2D eigenvalue weighted by Gasteiger charge is -2.01. The average Bonchev–Trinajstić information content (AvgIpc) is 2.10. The van der Waals surface area contributed by atoms with E-state index in [1.54, 1.807) is 18.7 Å². The van der Waals surface area contributed by atoms with E-state index < -0.39 is 0 Å². The van der Waals surface area contributed by atoms with Crippen LogP contribution in [0.25, 0.3) is 0 Å². The van der Waals surface area contributed by atoms with Crippen LogP contribution in [0.1, 0.15) is 32.6 Å². The standard InChI is InChI=1S/C11H18OS/c1-4-7-11(13-3)9-6-5-8-10(2)12/h4,7H,1,5-6,8-9H2,2-3H3/b11-7-. The van der Waals surface area contributed by atoms with Crippen LogP contribution in [0.15, 0.2) is 23.6 Å². The van der Waals surface area contributed by atoms with Crippen molar-refractivity contribution in [3.63, 3.8) is 0 Å². The maximum absolute atomic E-state index is 10.6. The monoisotopic (exact) mass is 198 g/mol. The van der Waals surface area contributed by atoms with Crippen molar-refractivity contribution in [2.75, 3.05) is 6.26 Å². The molecule has 0 rings (SSSR count). The summed E-state index contributed by atoms with van der Waals surface area (Å²) in [6.07, 6.45) is 9.82. The van der Waals surface area contributed by atoms with E-state index in [9.17, 15) is 4.79 Å². The second-order valence-corrected chi connectivity index (χ2v) is 3.91. The normalized spacial score (nSPS) is 11.4. The zero-order valence-electron chi connectivity index (χ0n) is 8.51. The van der Waals surface area contributed by atoms with Crippen molar-refractivity contribution in [1.29, 1.82) is 0 Å². The molecule has 0 unspecified atom stereocenters. The number of allylic oxidation sites excluding steroid dienone is 3. The molecule has 0 heterocycles. The third kappa shape index (κ3) is 7.85. The van der Waals surface area contributed by atoms with E-state index in [0.29, 0.717) is 5.78 Å². The molecule has 0 aromatic rings. The highest BCUT2D eigenvalue weighted by atomic mass is 32.2. The van der Waals surface area contributed by atoms with E-state index in [1.165, 1.54) is 4.91 Å². The average molecular weight is 198 g/mol. The zero-order chi connectivity index (χ0) is 10.1. The quantitative estimate of drug-likeness (QED) is 0.459. The highest BCUT2D eigenvalue weighted by Crippen LogP contribution is 2.19. The van der Waals surface area contributed by atoms with Gasteiger partial charge >= 0.3 is 0 Å². The number of hydrogen-bond donors (Lipinski definition) is 0. The summed E-state index contributed by atoms with van der Waals surface area (Å²) in [7, 11) is 0. The Morgan fingerprint density at radius 2 is 2.00 bits per heavy atom. The Kier molecular flexibility index (Phi) is 7.80. The molecule has 0 aromatic heterocycles. The van der Waals surface area contributed by atoms with Gasteiger partial charge in [0.15, 0.2) is 0 Å². The molecule has 0 saturated heterocycles. The number of Topliss-reactive ketones (excluding diaryl/α,β-unsaturated/α-hetero) is 1. The molecule has 0 fully saturated rings. The first-order valence-electron chi connectivity index (χ1n) is 4.55. The van der Waals surface area contributed by atoms with Crippen LogP contribution in [-0.4, -0.2) is 12.0 Å². The SMILES string of the molecule is C=C/C=C(/CCCCC(C)=O)SC. The number of carbonyl (C=O) groups is 1. The predicted octanol–water partition coefficient (Wildman–Crippen LogP) is 3.57. The summed E-state index contributed by atoms with van der Waals surface area (Å²) in [5.41, 5.74) is 0.